The van der Waals surface area contributed by atoms with Crippen LogP contribution in [-0.4, -0.2) is 37.9 Å². The Bertz CT molecular complexity index is 319. The van der Waals surface area contributed by atoms with Gasteiger partial charge in [-0.25, -0.2) is 0 Å². The zero-order valence-corrected chi connectivity index (χ0v) is 15.1. The molecule has 4 nitrogen and oxygen atoms in total. The van der Waals surface area contributed by atoms with E-state index in [0.29, 0.717) is 30.6 Å². The van der Waals surface area contributed by atoms with Gasteiger partial charge in [-0.3, -0.25) is 4.79 Å². The summed E-state index contributed by atoms with van der Waals surface area (Å²) < 4.78 is 11.0. The Morgan fingerprint density at radius 1 is 1.23 bits per heavy atom. The molecule has 0 amide bonds. The highest BCUT2D eigenvalue weighted by atomic mass is 16.5. The molecule has 1 aliphatic carbocycles. The Morgan fingerprint density at radius 3 is 2.50 bits per heavy atom. The molecule has 0 unspecified atom stereocenters. The van der Waals surface area contributed by atoms with E-state index >= 15 is 0 Å². The zero-order chi connectivity index (χ0) is 16.5. The molecule has 0 heterocycles. The van der Waals surface area contributed by atoms with Crippen LogP contribution >= 0.6 is 0 Å². The largest absolute Gasteiger partial charge is 0.466 e. The molecular weight excluding hydrogens is 278 g/mol. The standard InChI is InChI=1S/C18H35NO3/c1-6-21-17(13(3)4)10-11-19-15-8-9-16(14(5)12-15)18(20)22-7-2/h13-17,19H,6-12H2,1-5H3/t14-,15-,16+,17+/m0/s1. The first kappa shape index (κ1) is 19.4. The fourth-order valence-corrected chi connectivity index (χ4v) is 3.43. The molecule has 0 radical (unpaired) electrons. The lowest BCUT2D eigenvalue weighted by molar-refractivity contribution is -0.151. The topological polar surface area (TPSA) is 47.6 Å². The second-order valence-corrected chi connectivity index (χ2v) is 6.83. The minimum atomic E-state index is -0.00957. The van der Waals surface area contributed by atoms with Gasteiger partial charge >= 0.3 is 5.97 Å². The second-order valence-electron chi connectivity index (χ2n) is 6.83. The molecule has 0 aromatic rings. The van der Waals surface area contributed by atoms with E-state index in [1.54, 1.807) is 0 Å². The van der Waals surface area contributed by atoms with Gasteiger partial charge in [-0.2, -0.15) is 0 Å². The summed E-state index contributed by atoms with van der Waals surface area (Å²) in [5.74, 6) is 1.04. The third kappa shape index (κ3) is 6.25. The summed E-state index contributed by atoms with van der Waals surface area (Å²) in [4.78, 5) is 11.9. The molecule has 1 saturated carbocycles. The third-order valence-electron chi connectivity index (χ3n) is 4.74. The SMILES string of the molecule is CCOC(=O)[C@@H]1CC[C@H](NCC[C@@H](OCC)C(C)C)C[C@@H]1C. The van der Waals surface area contributed by atoms with Crippen molar-refractivity contribution in [2.45, 2.75) is 72.4 Å². The molecule has 0 aliphatic heterocycles. The molecule has 1 N–H and O–H groups in total. The first-order chi connectivity index (χ1) is 10.5. The molecule has 1 rings (SSSR count). The van der Waals surface area contributed by atoms with E-state index in [9.17, 15) is 4.79 Å². The Balaban J connectivity index is 2.30. The summed E-state index contributed by atoms with van der Waals surface area (Å²) in [5, 5.41) is 3.66. The maximum Gasteiger partial charge on any atom is 0.309 e. The van der Waals surface area contributed by atoms with Crippen LogP contribution in [0, 0.1) is 17.8 Å². The van der Waals surface area contributed by atoms with E-state index in [0.717, 1.165) is 38.8 Å². The van der Waals surface area contributed by atoms with Gasteiger partial charge < -0.3 is 14.8 Å². The molecule has 1 fully saturated rings. The van der Waals surface area contributed by atoms with Gasteiger partial charge in [0.15, 0.2) is 0 Å². The highest BCUT2D eigenvalue weighted by Gasteiger charge is 2.33. The summed E-state index contributed by atoms with van der Waals surface area (Å²) in [7, 11) is 0. The van der Waals surface area contributed by atoms with Gasteiger partial charge in [-0.1, -0.05) is 20.8 Å². The predicted octanol–water partition coefficient (Wildman–Crippen LogP) is 3.40. The first-order valence-corrected chi connectivity index (χ1v) is 9.01. The Kier molecular flexibility index (Phi) is 9.03. The molecule has 4 heteroatoms. The number of rotatable bonds is 9. The Labute approximate surface area is 136 Å². The first-order valence-electron chi connectivity index (χ1n) is 9.01. The summed E-state index contributed by atoms with van der Waals surface area (Å²) in [5.41, 5.74) is 0. The van der Waals surface area contributed by atoms with Crippen molar-refractivity contribution in [1.82, 2.24) is 5.32 Å². The van der Waals surface area contributed by atoms with Gasteiger partial charge in [0.2, 0.25) is 0 Å². The fraction of sp³-hybridized carbons (Fsp3) is 0.944. The van der Waals surface area contributed by atoms with Crippen LogP contribution in [0.5, 0.6) is 0 Å². The second kappa shape index (κ2) is 10.2. The van der Waals surface area contributed by atoms with Crippen LogP contribution in [0.15, 0.2) is 0 Å². The zero-order valence-electron chi connectivity index (χ0n) is 15.1. The van der Waals surface area contributed by atoms with Crippen LogP contribution in [-0.2, 0) is 14.3 Å². The number of hydrogen-bond acceptors (Lipinski definition) is 4. The van der Waals surface area contributed by atoms with Crippen molar-refractivity contribution in [3.63, 3.8) is 0 Å². The average molecular weight is 313 g/mol. The summed E-state index contributed by atoms with van der Waals surface area (Å²) in [6, 6.07) is 0.523. The lowest BCUT2D eigenvalue weighted by Crippen LogP contribution is -2.41. The van der Waals surface area contributed by atoms with Gasteiger partial charge in [0, 0.05) is 12.6 Å². The van der Waals surface area contributed by atoms with Gasteiger partial charge in [-0.05, 0) is 57.9 Å². The van der Waals surface area contributed by atoms with Gasteiger partial charge in [0.1, 0.15) is 0 Å². The van der Waals surface area contributed by atoms with Gasteiger partial charge in [0.05, 0.1) is 18.6 Å². The molecule has 0 bridgehead atoms. The number of hydrogen-bond donors (Lipinski definition) is 1. The van der Waals surface area contributed by atoms with Crippen molar-refractivity contribution in [3.8, 4) is 0 Å². The molecule has 0 saturated heterocycles. The van der Waals surface area contributed by atoms with Crippen molar-refractivity contribution in [3.05, 3.63) is 0 Å². The van der Waals surface area contributed by atoms with Crippen molar-refractivity contribution < 1.29 is 14.3 Å². The van der Waals surface area contributed by atoms with Crippen LogP contribution < -0.4 is 5.32 Å². The van der Waals surface area contributed by atoms with Crippen LogP contribution in [0.3, 0.4) is 0 Å². The van der Waals surface area contributed by atoms with Crippen LogP contribution in [0.2, 0.25) is 0 Å². The van der Waals surface area contributed by atoms with E-state index in [1.807, 2.05) is 6.92 Å². The lowest BCUT2D eigenvalue weighted by atomic mass is 9.78. The van der Waals surface area contributed by atoms with Crippen LogP contribution in [0.1, 0.15) is 60.3 Å². The monoisotopic (exact) mass is 313 g/mol. The van der Waals surface area contributed by atoms with Crippen LogP contribution in [0.25, 0.3) is 0 Å². The predicted molar refractivity (Wildman–Crippen MR) is 89.8 cm³/mol. The number of nitrogens with one attached hydrogen (secondary N) is 1. The Morgan fingerprint density at radius 2 is 1.95 bits per heavy atom. The molecule has 130 valence electrons. The van der Waals surface area contributed by atoms with Crippen molar-refractivity contribution in [2.24, 2.45) is 17.8 Å². The minimum absolute atomic E-state index is 0.00957. The van der Waals surface area contributed by atoms with E-state index in [2.05, 4.69) is 33.0 Å². The maximum absolute atomic E-state index is 11.9. The lowest BCUT2D eigenvalue weighted by Gasteiger charge is -2.33. The number of carbonyl (C=O) groups excluding carboxylic acids is 1. The molecule has 0 aromatic heterocycles. The van der Waals surface area contributed by atoms with E-state index < -0.39 is 0 Å². The van der Waals surface area contributed by atoms with Crippen molar-refractivity contribution in [1.29, 1.82) is 0 Å². The summed E-state index contributed by atoms with van der Waals surface area (Å²) >= 11 is 0. The normalized spacial score (nSPS) is 26.9. The number of esters is 1. The maximum atomic E-state index is 11.9. The number of ether oxygens (including phenoxy) is 2. The van der Waals surface area contributed by atoms with E-state index in [1.165, 1.54) is 0 Å². The molecule has 22 heavy (non-hydrogen) atoms. The van der Waals surface area contributed by atoms with Crippen LogP contribution in [0.4, 0.5) is 0 Å². The highest BCUT2D eigenvalue weighted by Crippen LogP contribution is 2.31. The summed E-state index contributed by atoms with van der Waals surface area (Å²) in [6.07, 6.45) is 4.46. The average Bonchev–Trinajstić information content (AvgIpc) is 2.46. The minimum Gasteiger partial charge on any atom is -0.466 e. The molecule has 1 aliphatic rings. The van der Waals surface area contributed by atoms with Gasteiger partial charge in [0.25, 0.3) is 0 Å². The molecule has 0 aromatic carbocycles. The molecule has 0 spiro atoms. The van der Waals surface area contributed by atoms with E-state index in [-0.39, 0.29) is 11.9 Å². The molecular formula is C18H35NO3. The molecule has 4 atom stereocenters. The van der Waals surface area contributed by atoms with Gasteiger partial charge in [-0.15, -0.1) is 0 Å². The fourth-order valence-electron chi connectivity index (χ4n) is 3.43. The highest BCUT2D eigenvalue weighted by molar-refractivity contribution is 5.72. The van der Waals surface area contributed by atoms with Crippen molar-refractivity contribution in [2.75, 3.05) is 19.8 Å². The Hall–Kier alpha value is -0.610. The summed E-state index contributed by atoms with van der Waals surface area (Å²) in [6.45, 7) is 12.8. The van der Waals surface area contributed by atoms with Crippen molar-refractivity contribution >= 4 is 5.97 Å². The third-order valence-corrected chi connectivity index (χ3v) is 4.74. The van der Waals surface area contributed by atoms with E-state index in [4.69, 9.17) is 9.47 Å². The quantitative estimate of drug-likeness (QED) is 0.663. The smallest absolute Gasteiger partial charge is 0.309 e. The number of carbonyl (C=O) groups is 1.